The molecule has 0 fully saturated rings. The molecule has 3 unspecified atom stereocenters. The Labute approximate surface area is 645 Å². The zero-order valence-corrected chi connectivity index (χ0v) is 70.7. The Morgan fingerprint density at radius 1 is 0.267 bits per heavy atom. The van der Waals surface area contributed by atoms with E-state index in [1.807, 2.05) is 0 Å². The number of carbonyl (C=O) groups excluding carboxylic acids is 4. The number of aliphatic hydroxyl groups is 1. The molecule has 6 atom stereocenters. The van der Waals surface area contributed by atoms with Crippen LogP contribution in [0.5, 0.6) is 0 Å². The van der Waals surface area contributed by atoms with Crippen LogP contribution in [0.15, 0.2) is 0 Å². The molecule has 0 aliphatic rings. The molecule has 0 saturated carbocycles. The summed E-state index contributed by atoms with van der Waals surface area (Å²) in [5.41, 5.74) is 0. The Morgan fingerprint density at radius 2 is 0.457 bits per heavy atom. The lowest BCUT2D eigenvalue weighted by Crippen LogP contribution is -2.30. The summed E-state index contributed by atoms with van der Waals surface area (Å²) in [7, 11) is -9.92. The molecule has 0 saturated heterocycles. The summed E-state index contributed by atoms with van der Waals surface area (Å²) in [6.45, 7) is 7.37. The van der Waals surface area contributed by atoms with Crippen LogP contribution in [0.2, 0.25) is 0 Å². The highest BCUT2D eigenvalue weighted by molar-refractivity contribution is 7.47. The summed E-state index contributed by atoms with van der Waals surface area (Å²) in [6, 6.07) is 0. The molecule has 0 aromatic heterocycles. The summed E-state index contributed by atoms with van der Waals surface area (Å²) in [4.78, 5) is 73.1. The highest BCUT2D eigenvalue weighted by atomic mass is 31.2. The lowest BCUT2D eigenvalue weighted by Gasteiger charge is -2.21. The van der Waals surface area contributed by atoms with Crippen LogP contribution >= 0.6 is 15.6 Å². The molecule has 0 rings (SSSR count). The van der Waals surface area contributed by atoms with Crippen LogP contribution < -0.4 is 0 Å². The van der Waals surface area contributed by atoms with Crippen molar-refractivity contribution >= 4 is 39.5 Å². The average Bonchev–Trinajstić information content (AvgIpc) is 0.909. The Bertz CT molecular complexity index is 2000. The fraction of sp³-hybridized carbons (Fsp3) is 0.953. The SMILES string of the molecule is CCCCCCCCCCCCCCCCCCCCCCC(=O)OC[C@H](COP(=O)(O)OC[C@@H](O)COP(=O)(O)OC[C@@H](COC(=O)CCCCCCCCC)OC(=O)CCCCCCCCCCCCCCCCC(C)CC)OC(=O)CCCCCCCCCCCCCCCCCCCCCC. The van der Waals surface area contributed by atoms with E-state index in [0.29, 0.717) is 25.7 Å². The van der Waals surface area contributed by atoms with Crippen molar-refractivity contribution < 1.29 is 80.2 Å². The normalized spacial score (nSPS) is 14.0. The predicted molar refractivity (Wildman–Crippen MR) is 432 cm³/mol. The van der Waals surface area contributed by atoms with Crippen LogP contribution in [0, 0.1) is 5.92 Å². The van der Waals surface area contributed by atoms with E-state index in [1.165, 1.54) is 276 Å². The first-order valence-electron chi connectivity index (χ1n) is 44.7. The van der Waals surface area contributed by atoms with Crippen molar-refractivity contribution in [3.8, 4) is 0 Å². The molecule has 0 aliphatic carbocycles. The van der Waals surface area contributed by atoms with E-state index in [4.69, 9.17) is 37.0 Å². The lowest BCUT2D eigenvalue weighted by molar-refractivity contribution is -0.161. The molecule has 0 aromatic rings. The largest absolute Gasteiger partial charge is 0.472 e. The third kappa shape index (κ3) is 78.5. The highest BCUT2D eigenvalue weighted by Gasteiger charge is 2.30. The predicted octanol–water partition coefficient (Wildman–Crippen LogP) is 26.4. The number of ether oxygens (including phenoxy) is 4. The molecule has 105 heavy (non-hydrogen) atoms. The van der Waals surface area contributed by atoms with Gasteiger partial charge < -0.3 is 33.8 Å². The van der Waals surface area contributed by atoms with Gasteiger partial charge >= 0.3 is 39.5 Å². The van der Waals surface area contributed by atoms with Crippen LogP contribution in [0.4, 0.5) is 0 Å². The molecule has 17 nitrogen and oxygen atoms in total. The molecule has 0 bridgehead atoms. The van der Waals surface area contributed by atoms with Gasteiger partial charge in [-0.1, -0.05) is 413 Å². The van der Waals surface area contributed by atoms with Crippen molar-refractivity contribution in [1.82, 2.24) is 0 Å². The Hall–Kier alpha value is -1.94. The maximum absolute atomic E-state index is 13.1. The number of unbranched alkanes of at least 4 members (excludes halogenated alkanes) is 57. The standard InChI is InChI=1S/C86H168O17P2/c1-6-10-13-16-19-21-23-25-27-29-31-33-35-37-42-46-50-55-60-65-70-84(89)97-76-82(103-86(91)72-66-61-56-51-47-43-38-36-34-32-30-28-26-24-22-20-17-14-11-7-2)78-101-105(94,95)99-74-80(87)73-98-104(92,93)100-77-81(75-96-83(88)69-64-59-53-18-15-12-8-3)102-85(90)71-67-62-57-52-48-44-40-39-41-45-49-54-58-63-68-79(5)9-4/h79-82,87H,6-78H2,1-5H3,(H,92,93)(H,94,95)/t79?,80-,81+,82+/m0/s1. The third-order valence-electron chi connectivity index (χ3n) is 20.6. The van der Waals surface area contributed by atoms with Crippen LogP contribution in [-0.4, -0.2) is 96.7 Å². The van der Waals surface area contributed by atoms with Crippen molar-refractivity contribution in [2.75, 3.05) is 39.6 Å². The number of esters is 4. The maximum atomic E-state index is 13.1. The fourth-order valence-electron chi connectivity index (χ4n) is 13.4. The molecular weight excluding hydrogens is 1370 g/mol. The summed E-state index contributed by atoms with van der Waals surface area (Å²) in [6.07, 6.45) is 72.4. The molecule has 0 spiro atoms. The van der Waals surface area contributed by atoms with Gasteiger partial charge in [0.1, 0.15) is 19.3 Å². The van der Waals surface area contributed by atoms with E-state index in [1.54, 1.807) is 0 Å². The summed E-state index contributed by atoms with van der Waals surface area (Å²) in [5.74, 6) is -1.26. The minimum Gasteiger partial charge on any atom is -0.462 e. The number of phosphoric ester groups is 2. The van der Waals surface area contributed by atoms with E-state index >= 15 is 0 Å². The number of aliphatic hydroxyl groups excluding tert-OH is 1. The Morgan fingerprint density at radius 3 is 0.676 bits per heavy atom. The highest BCUT2D eigenvalue weighted by Crippen LogP contribution is 2.45. The van der Waals surface area contributed by atoms with Crippen molar-refractivity contribution in [2.45, 2.75) is 483 Å². The van der Waals surface area contributed by atoms with Gasteiger partial charge in [-0.25, -0.2) is 9.13 Å². The van der Waals surface area contributed by atoms with Crippen LogP contribution in [0.1, 0.15) is 465 Å². The van der Waals surface area contributed by atoms with Gasteiger partial charge in [-0.05, 0) is 31.6 Å². The first-order chi connectivity index (χ1) is 51.1. The summed E-state index contributed by atoms with van der Waals surface area (Å²) < 4.78 is 68.8. The maximum Gasteiger partial charge on any atom is 0.472 e. The lowest BCUT2D eigenvalue weighted by atomic mass is 9.99. The van der Waals surface area contributed by atoms with Crippen molar-refractivity contribution in [3.63, 3.8) is 0 Å². The number of hydrogen-bond donors (Lipinski definition) is 3. The second kappa shape index (κ2) is 78.7. The zero-order valence-electron chi connectivity index (χ0n) is 68.9. The Balaban J connectivity index is 5.16. The van der Waals surface area contributed by atoms with Crippen LogP contribution in [-0.2, 0) is 65.4 Å². The van der Waals surface area contributed by atoms with Crippen molar-refractivity contribution in [1.29, 1.82) is 0 Å². The number of rotatable bonds is 86. The first kappa shape index (κ1) is 103. The summed E-state index contributed by atoms with van der Waals surface area (Å²) >= 11 is 0. The molecule has 0 heterocycles. The van der Waals surface area contributed by atoms with Gasteiger partial charge in [0.25, 0.3) is 0 Å². The minimum absolute atomic E-state index is 0.108. The number of phosphoric acid groups is 2. The second-order valence-corrected chi connectivity index (χ2v) is 34.1. The number of carbonyl (C=O) groups is 4. The van der Waals surface area contributed by atoms with Gasteiger partial charge in [0.2, 0.25) is 0 Å². The first-order valence-corrected chi connectivity index (χ1v) is 47.7. The molecule has 0 aliphatic heterocycles. The van der Waals surface area contributed by atoms with E-state index in [0.717, 1.165) is 109 Å². The van der Waals surface area contributed by atoms with Gasteiger partial charge in [-0.2, -0.15) is 0 Å². The zero-order chi connectivity index (χ0) is 76.9. The van der Waals surface area contributed by atoms with Crippen LogP contribution in [0.3, 0.4) is 0 Å². The summed E-state index contributed by atoms with van der Waals surface area (Å²) in [5, 5.41) is 10.7. The van der Waals surface area contributed by atoms with Crippen LogP contribution in [0.25, 0.3) is 0 Å². The average molecular weight is 1540 g/mol. The molecular formula is C86H168O17P2. The van der Waals surface area contributed by atoms with E-state index in [2.05, 4.69) is 34.6 Å². The number of hydrogen-bond acceptors (Lipinski definition) is 15. The second-order valence-electron chi connectivity index (χ2n) is 31.2. The van der Waals surface area contributed by atoms with Crippen molar-refractivity contribution in [2.24, 2.45) is 5.92 Å². The topological polar surface area (TPSA) is 237 Å². The van der Waals surface area contributed by atoms with E-state index < -0.39 is 97.5 Å². The van der Waals surface area contributed by atoms with E-state index in [9.17, 15) is 43.2 Å². The smallest absolute Gasteiger partial charge is 0.462 e. The van der Waals surface area contributed by atoms with Gasteiger partial charge in [-0.15, -0.1) is 0 Å². The molecule has 0 aromatic carbocycles. The molecule has 624 valence electrons. The van der Waals surface area contributed by atoms with E-state index in [-0.39, 0.29) is 25.7 Å². The quantitative estimate of drug-likeness (QED) is 0.0222. The van der Waals surface area contributed by atoms with Gasteiger partial charge in [0.05, 0.1) is 26.4 Å². The third-order valence-corrected chi connectivity index (χ3v) is 22.5. The Kier molecular flexibility index (Phi) is 77.3. The molecule has 0 amide bonds. The minimum atomic E-state index is -4.96. The van der Waals surface area contributed by atoms with Gasteiger partial charge in [-0.3, -0.25) is 37.3 Å². The molecule has 3 N–H and O–H groups in total. The van der Waals surface area contributed by atoms with Gasteiger partial charge in [0, 0.05) is 25.7 Å². The molecule has 0 radical (unpaired) electrons. The van der Waals surface area contributed by atoms with Crippen molar-refractivity contribution in [3.05, 3.63) is 0 Å². The fourth-order valence-corrected chi connectivity index (χ4v) is 15.0. The molecule has 19 heteroatoms. The monoisotopic (exact) mass is 1540 g/mol. The van der Waals surface area contributed by atoms with Gasteiger partial charge in [0.15, 0.2) is 12.2 Å².